The molecule has 0 saturated heterocycles. The van der Waals surface area contributed by atoms with E-state index in [1.165, 1.54) is 0 Å². The van der Waals surface area contributed by atoms with E-state index in [0.29, 0.717) is 18.0 Å². The van der Waals surface area contributed by atoms with E-state index in [-0.39, 0.29) is 0 Å². The number of urea groups is 1. The maximum atomic E-state index is 11.8. The maximum absolute atomic E-state index is 11.8. The fourth-order valence-electron chi connectivity index (χ4n) is 1.52. The largest absolute Gasteiger partial charge is 0.452 e. The van der Waals surface area contributed by atoms with Gasteiger partial charge < -0.3 is 10.1 Å². The fraction of sp³-hybridized carbons (Fsp3) is 0.400. The van der Waals surface area contributed by atoms with E-state index in [0.717, 1.165) is 9.99 Å². The number of carbonyl (C=O) groups excluding carboxylic acids is 3. The number of benzene rings is 1. The van der Waals surface area contributed by atoms with Gasteiger partial charge in [-0.15, -0.1) is 0 Å². The summed E-state index contributed by atoms with van der Waals surface area (Å²) >= 11 is 2.01. The van der Waals surface area contributed by atoms with Crippen LogP contribution >= 0.6 is 22.6 Å². The average Bonchev–Trinajstić information content (AvgIpc) is 2.44. The number of esters is 1. The molecular weight excluding hydrogens is 399 g/mol. The van der Waals surface area contributed by atoms with Crippen molar-refractivity contribution in [3.8, 4) is 0 Å². The van der Waals surface area contributed by atoms with Crippen LogP contribution in [-0.2, 0) is 9.53 Å². The molecule has 0 aromatic heterocycles. The minimum Gasteiger partial charge on any atom is -0.452 e. The monoisotopic (exact) mass is 418 g/mol. The second-order valence-corrected chi connectivity index (χ2v) is 6.20. The predicted octanol–water partition coefficient (Wildman–Crippen LogP) is 2.32. The molecule has 1 aromatic carbocycles. The van der Waals surface area contributed by atoms with Crippen LogP contribution in [0.4, 0.5) is 4.79 Å². The number of ether oxygens (including phenoxy) is 1. The molecule has 7 heteroatoms. The first kappa shape index (κ1) is 18.4. The zero-order chi connectivity index (χ0) is 16.5. The van der Waals surface area contributed by atoms with Crippen molar-refractivity contribution in [3.63, 3.8) is 0 Å². The molecule has 0 fully saturated rings. The lowest BCUT2D eigenvalue weighted by Crippen LogP contribution is -2.42. The van der Waals surface area contributed by atoms with Crippen LogP contribution in [0.15, 0.2) is 24.3 Å². The smallest absolute Gasteiger partial charge is 0.339 e. The van der Waals surface area contributed by atoms with Gasteiger partial charge in [0, 0.05) is 10.1 Å². The Morgan fingerprint density at radius 2 is 1.91 bits per heavy atom. The molecule has 2 N–H and O–H groups in total. The molecule has 0 aliphatic rings. The van der Waals surface area contributed by atoms with Crippen LogP contribution < -0.4 is 10.6 Å². The lowest BCUT2D eigenvalue weighted by atomic mass is 10.1. The van der Waals surface area contributed by atoms with Gasteiger partial charge in [0.1, 0.15) is 0 Å². The third-order valence-electron chi connectivity index (χ3n) is 2.69. The van der Waals surface area contributed by atoms with Crippen LogP contribution in [0.5, 0.6) is 0 Å². The Hall–Kier alpha value is -1.64. The predicted molar refractivity (Wildman–Crippen MR) is 90.4 cm³/mol. The molecule has 0 unspecified atom stereocenters. The van der Waals surface area contributed by atoms with E-state index < -0.39 is 24.5 Å². The molecular formula is C15H19IN2O4. The van der Waals surface area contributed by atoms with Gasteiger partial charge in [0.25, 0.3) is 5.91 Å². The molecule has 1 rings (SSSR count). The first-order valence-corrected chi connectivity index (χ1v) is 7.97. The lowest BCUT2D eigenvalue weighted by Gasteiger charge is -2.09. The van der Waals surface area contributed by atoms with Crippen LogP contribution in [0, 0.1) is 9.49 Å². The Kier molecular flexibility index (Phi) is 7.86. The van der Waals surface area contributed by atoms with Crippen molar-refractivity contribution >= 4 is 40.5 Å². The minimum atomic E-state index is -0.665. The molecule has 0 atom stereocenters. The van der Waals surface area contributed by atoms with Crippen LogP contribution in [0.2, 0.25) is 0 Å². The van der Waals surface area contributed by atoms with Crippen molar-refractivity contribution in [1.82, 2.24) is 10.6 Å². The highest BCUT2D eigenvalue weighted by Crippen LogP contribution is 2.12. The first-order chi connectivity index (χ1) is 10.4. The van der Waals surface area contributed by atoms with Crippen molar-refractivity contribution in [1.29, 1.82) is 0 Å². The molecule has 0 aliphatic heterocycles. The topological polar surface area (TPSA) is 84.5 Å². The number of rotatable bonds is 6. The van der Waals surface area contributed by atoms with Gasteiger partial charge in [0.15, 0.2) is 6.61 Å². The average molecular weight is 418 g/mol. The second kappa shape index (κ2) is 9.39. The summed E-state index contributed by atoms with van der Waals surface area (Å²) in [5.41, 5.74) is 0.386. The highest BCUT2D eigenvalue weighted by molar-refractivity contribution is 14.1. The number of halogens is 1. The van der Waals surface area contributed by atoms with Crippen LogP contribution in [0.3, 0.4) is 0 Å². The highest BCUT2D eigenvalue weighted by Gasteiger charge is 2.14. The van der Waals surface area contributed by atoms with Gasteiger partial charge in [-0.3, -0.25) is 10.1 Å². The Bertz CT molecular complexity index is 546. The number of hydrogen-bond donors (Lipinski definition) is 2. The normalized spacial score (nSPS) is 10.2. The Morgan fingerprint density at radius 1 is 1.23 bits per heavy atom. The van der Waals surface area contributed by atoms with Gasteiger partial charge in [0.2, 0.25) is 0 Å². The van der Waals surface area contributed by atoms with Gasteiger partial charge in [-0.25, -0.2) is 9.59 Å². The van der Waals surface area contributed by atoms with Crippen LogP contribution in [0.25, 0.3) is 0 Å². The van der Waals surface area contributed by atoms with Crippen LogP contribution in [0.1, 0.15) is 30.6 Å². The summed E-state index contributed by atoms with van der Waals surface area (Å²) in [5, 5.41) is 4.67. The summed E-state index contributed by atoms with van der Waals surface area (Å²) < 4.78 is 5.61. The SMILES string of the molecule is CC(C)CCNC(=O)NC(=O)COC(=O)c1ccccc1I. The number of imide groups is 1. The molecule has 22 heavy (non-hydrogen) atoms. The molecule has 0 saturated carbocycles. The van der Waals surface area contributed by atoms with Crippen molar-refractivity contribution in [2.45, 2.75) is 20.3 Å². The molecule has 0 aliphatic carbocycles. The maximum Gasteiger partial charge on any atom is 0.339 e. The number of amides is 3. The fourth-order valence-corrected chi connectivity index (χ4v) is 2.12. The summed E-state index contributed by atoms with van der Waals surface area (Å²) in [7, 11) is 0. The molecule has 0 heterocycles. The second-order valence-electron chi connectivity index (χ2n) is 5.04. The molecule has 3 amide bonds. The molecule has 120 valence electrons. The van der Waals surface area contributed by atoms with E-state index in [2.05, 4.69) is 10.6 Å². The summed E-state index contributed by atoms with van der Waals surface area (Å²) in [6.07, 6.45) is 0.822. The molecule has 1 aromatic rings. The lowest BCUT2D eigenvalue weighted by molar-refractivity contribution is -0.123. The Morgan fingerprint density at radius 3 is 2.55 bits per heavy atom. The molecule has 0 spiro atoms. The van der Waals surface area contributed by atoms with E-state index in [9.17, 15) is 14.4 Å². The van der Waals surface area contributed by atoms with E-state index >= 15 is 0 Å². The summed E-state index contributed by atoms with van der Waals surface area (Å²) in [6.45, 7) is 4.06. The quantitative estimate of drug-likeness (QED) is 0.549. The standard InChI is InChI=1S/C15H19IN2O4/c1-10(2)7-8-17-15(21)18-13(19)9-22-14(20)11-5-3-4-6-12(11)16/h3-6,10H,7-9H2,1-2H3,(H2,17,18,19,21). The summed E-state index contributed by atoms with van der Waals surface area (Å²) in [6, 6.07) is 6.30. The first-order valence-electron chi connectivity index (χ1n) is 6.89. The Labute approximate surface area is 143 Å². The third kappa shape index (κ3) is 6.88. The van der Waals surface area contributed by atoms with Crippen LogP contribution in [-0.4, -0.2) is 31.1 Å². The van der Waals surface area contributed by atoms with Gasteiger partial charge in [-0.05, 0) is 47.1 Å². The van der Waals surface area contributed by atoms with Crippen molar-refractivity contribution in [2.24, 2.45) is 5.92 Å². The number of hydrogen-bond acceptors (Lipinski definition) is 4. The Balaban J connectivity index is 2.32. The van der Waals surface area contributed by atoms with Gasteiger partial charge in [0.05, 0.1) is 5.56 Å². The van der Waals surface area contributed by atoms with Crippen molar-refractivity contribution < 1.29 is 19.1 Å². The van der Waals surface area contributed by atoms with Crippen molar-refractivity contribution in [2.75, 3.05) is 13.2 Å². The van der Waals surface area contributed by atoms with E-state index in [1.54, 1.807) is 24.3 Å². The van der Waals surface area contributed by atoms with Gasteiger partial charge in [-0.1, -0.05) is 26.0 Å². The van der Waals surface area contributed by atoms with Gasteiger partial charge in [-0.2, -0.15) is 0 Å². The summed E-state index contributed by atoms with van der Waals surface area (Å²) in [4.78, 5) is 34.7. The zero-order valence-corrected chi connectivity index (χ0v) is 14.7. The van der Waals surface area contributed by atoms with Crippen molar-refractivity contribution in [3.05, 3.63) is 33.4 Å². The van der Waals surface area contributed by atoms with Gasteiger partial charge >= 0.3 is 12.0 Å². The molecule has 6 nitrogen and oxygen atoms in total. The zero-order valence-electron chi connectivity index (χ0n) is 12.5. The number of nitrogens with one attached hydrogen (secondary N) is 2. The third-order valence-corrected chi connectivity index (χ3v) is 3.63. The van der Waals surface area contributed by atoms with E-state index in [1.807, 2.05) is 36.4 Å². The summed E-state index contributed by atoms with van der Waals surface area (Å²) in [5.74, 6) is -0.799. The highest BCUT2D eigenvalue weighted by atomic mass is 127. The molecule has 0 bridgehead atoms. The van der Waals surface area contributed by atoms with E-state index in [4.69, 9.17) is 4.74 Å². The molecule has 0 radical (unpaired) electrons. The minimum absolute atomic E-state index is 0.386. The number of carbonyl (C=O) groups is 3.